The Morgan fingerprint density at radius 1 is 1.32 bits per heavy atom. The molecule has 9 heteroatoms. The van der Waals surface area contributed by atoms with Crippen molar-refractivity contribution in [3.8, 4) is 0 Å². The van der Waals surface area contributed by atoms with Gasteiger partial charge in [0.15, 0.2) is 5.96 Å². The van der Waals surface area contributed by atoms with Crippen LogP contribution in [0, 0.1) is 0 Å². The fourth-order valence-corrected chi connectivity index (χ4v) is 2.12. The zero-order valence-corrected chi connectivity index (χ0v) is 14.5. The lowest BCUT2D eigenvalue weighted by atomic mass is 10.1. The topological polar surface area (TPSA) is 91.8 Å². The molecule has 1 saturated heterocycles. The van der Waals surface area contributed by atoms with Gasteiger partial charge in [-0.3, -0.25) is 4.99 Å². The molecule has 0 aliphatic carbocycles. The number of aliphatic imine (C=N–C) groups is 1. The van der Waals surface area contributed by atoms with Gasteiger partial charge in [0.1, 0.15) is 0 Å². The van der Waals surface area contributed by atoms with Crippen LogP contribution in [0.2, 0.25) is 0 Å². The molecule has 0 amide bonds. The minimum atomic E-state index is -3.12. The molecule has 0 aromatic heterocycles. The Balaban J connectivity index is 0.00000324. The van der Waals surface area contributed by atoms with Crippen LogP contribution in [-0.2, 0) is 14.8 Å². The van der Waals surface area contributed by atoms with Crippen molar-refractivity contribution in [3.05, 3.63) is 0 Å². The maximum absolute atomic E-state index is 10.9. The van der Waals surface area contributed by atoms with Crippen LogP contribution >= 0.6 is 24.0 Å². The number of halogens is 1. The van der Waals surface area contributed by atoms with Gasteiger partial charge in [-0.2, -0.15) is 0 Å². The van der Waals surface area contributed by atoms with Crippen LogP contribution in [0.3, 0.4) is 0 Å². The van der Waals surface area contributed by atoms with Crippen molar-refractivity contribution in [2.24, 2.45) is 4.99 Å². The minimum absolute atomic E-state index is 0. The van der Waals surface area contributed by atoms with Crippen LogP contribution in [0.1, 0.15) is 12.8 Å². The maximum atomic E-state index is 10.9. The van der Waals surface area contributed by atoms with E-state index in [0.717, 1.165) is 32.3 Å². The minimum Gasteiger partial charge on any atom is -0.381 e. The third kappa shape index (κ3) is 9.41. The lowest BCUT2D eigenvalue weighted by Crippen LogP contribution is -2.47. The molecule has 0 aromatic rings. The summed E-state index contributed by atoms with van der Waals surface area (Å²) in [5.41, 5.74) is 0. The highest BCUT2D eigenvalue weighted by Crippen LogP contribution is 2.05. The van der Waals surface area contributed by atoms with Gasteiger partial charge in [-0.1, -0.05) is 0 Å². The molecule has 0 radical (unpaired) electrons. The van der Waals surface area contributed by atoms with Gasteiger partial charge in [0.05, 0.1) is 6.26 Å². The van der Waals surface area contributed by atoms with Gasteiger partial charge < -0.3 is 15.4 Å². The maximum Gasteiger partial charge on any atom is 0.208 e. The van der Waals surface area contributed by atoms with Gasteiger partial charge in [0.2, 0.25) is 10.0 Å². The van der Waals surface area contributed by atoms with Crippen molar-refractivity contribution in [1.29, 1.82) is 0 Å². The molecule has 0 bridgehead atoms. The first-order valence-corrected chi connectivity index (χ1v) is 7.90. The van der Waals surface area contributed by atoms with Crippen LogP contribution in [-0.4, -0.2) is 60.0 Å². The van der Waals surface area contributed by atoms with E-state index in [1.807, 2.05) is 0 Å². The van der Waals surface area contributed by atoms with Crippen molar-refractivity contribution in [2.45, 2.75) is 18.9 Å². The lowest BCUT2D eigenvalue weighted by Gasteiger charge is -2.25. The smallest absolute Gasteiger partial charge is 0.208 e. The second kappa shape index (κ2) is 9.72. The summed E-state index contributed by atoms with van der Waals surface area (Å²) in [6.45, 7) is 2.37. The normalized spacial score (nSPS) is 17.7. The molecular weight excluding hydrogens is 383 g/mol. The van der Waals surface area contributed by atoms with Crippen LogP contribution < -0.4 is 15.4 Å². The Hall–Kier alpha value is -0.130. The molecule has 1 heterocycles. The van der Waals surface area contributed by atoms with Crippen LogP contribution in [0.15, 0.2) is 4.99 Å². The van der Waals surface area contributed by atoms with E-state index >= 15 is 0 Å². The van der Waals surface area contributed by atoms with Gasteiger partial charge in [0, 0.05) is 39.4 Å². The SMILES string of the molecule is CN=C(NCCNS(C)(=O)=O)NC1CCOCC1.I. The van der Waals surface area contributed by atoms with Crippen LogP contribution in [0.25, 0.3) is 0 Å². The van der Waals surface area contributed by atoms with E-state index in [1.165, 1.54) is 0 Å². The second-order valence-electron chi connectivity index (χ2n) is 4.20. The fraction of sp³-hybridized carbons (Fsp3) is 0.900. The van der Waals surface area contributed by atoms with Crippen molar-refractivity contribution in [2.75, 3.05) is 39.6 Å². The van der Waals surface area contributed by atoms with Crippen LogP contribution in [0.5, 0.6) is 0 Å². The van der Waals surface area contributed by atoms with E-state index in [-0.39, 0.29) is 24.0 Å². The summed E-state index contributed by atoms with van der Waals surface area (Å²) in [4.78, 5) is 4.09. The molecule has 0 unspecified atom stereocenters. The zero-order valence-electron chi connectivity index (χ0n) is 11.3. The van der Waals surface area contributed by atoms with E-state index in [0.29, 0.717) is 25.1 Å². The van der Waals surface area contributed by atoms with Crippen molar-refractivity contribution < 1.29 is 13.2 Å². The van der Waals surface area contributed by atoms with E-state index in [9.17, 15) is 8.42 Å². The Labute approximate surface area is 132 Å². The first-order valence-electron chi connectivity index (χ1n) is 6.01. The molecule has 3 N–H and O–H groups in total. The van der Waals surface area contributed by atoms with Gasteiger partial charge in [-0.05, 0) is 12.8 Å². The summed E-state index contributed by atoms with van der Waals surface area (Å²) in [5, 5.41) is 6.35. The molecule has 7 nitrogen and oxygen atoms in total. The molecular formula is C10H23IN4O3S. The number of hydrogen-bond donors (Lipinski definition) is 3. The average Bonchev–Trinajstić information content (AvgIpc) is 2.33. The summed E-state index contributed by atoms with van der Waals surface area (Å²) in [6.07, 6.45) is 3.06. The molecule has 0 saturated carbocycles. The third-order valence-electron chi connectivity index (χ3n) is 2.57. The first-order chi connectivity index (χ1) is 8.51. The number of nitrogens with zero attached hydrogens (tertiary/aromatic N) is 1. The first kappa shape index (κ1) is 18.9. The van der Waals surface area contributed by atoms with Gasteiger partial charge >= 0.3 is 0 Å². The Bertz CT molecular complexity index is 369. The summed E-state index contributed by atoms with van der Waals surface area (Å²) in [6, 6.07) is 0.368. The van der Waals surface area contributed by atoms with Gasteiger partial charge in [-0.25, -0.2) is 13.1 Å². The van der Waals surface area contributed by atoms with E-state index < -0.39 is 10.0 Å². The highest BCUT2D eigenvalue weighted by atomic mass is 127. The molecule has 19 heavy (non-hydrogen) atoms. The zero-order chi connectivity index (χ0) is 13.4. The Kier molecular flexibility index (Phi) is 9.66. The summed E-state index contributed by atoms with van der Waals surface area (Å²) in [7, 11) is -1.43. The van der Waals surface area contributed by atoms with Crippen LogP contribution in [0.4, 0.5) is 0 Å². The van der Waals surface area contributed by atoms with Crippen molar-refractivity contribution in [1.82, 2.24) is 15.4 Å². The van der Waals surface area contributed by atoms with Crippen molar-refractivity contribution >= 4 is 40.0 Å². The molecule has 0 atom stereocenters. The quantitative estimate of drug-likeness (QED) is 0.248. The molecule has 1 rings (SSSR count). The molecule has 114 valence electrons. The number of rotatable bonds is 5. The largest absolute Gasteiger partial charge is 0.381 e. The standard InChI is InChI=1S/C10H22N4O3S.HI/c1-11-10(12-5-6-13-18(2,15)16)14-9-3-7-17-8-4-9;/h9,13H,3-8H2,1-2H3,(H2,11,12,14);1H. The van der Waals surface area contributed by atoms with Gasteiger partial charge in [-0.15, -0.1) is 24.0 Å². The van der Waals surface area contributed by atoms with Crippen molar-refractivity contribution in [3.63, 3.8) is 0 Å². The fourth-order valence-electron chi connectivity index (χ4n) is 1.65. The number of hydrogen-bond acceptors (Lipinski definition) is 4. The highest BCUT2D eigenvalue weighted by molar-refractivity contribution is 14.0. The lowest BCUT2D eigenvalue weighted by molar-refractivity contribution is 0.0822. The summed E-state index contributed by atoms with van der Waals surface area (Å²) >= 11 is 0. The van der Waals surface area contributed by atoms with E-state index in [1.54, 1.807) is 7.05 Å². The molecule has 0 spiro atoms. The average molecular weight is 406 g/mol. The summed E-state index contributed by atoms with van der Waals surface area (Å²) < 4.78 is 29.4. The number of sulfonamides is 1. The summed E-state index contributed by atoms with van der Waals surface area (Å²) in [5.74, 6) is 0.692. The number of nitrogens with one attached hydrogen (secondary N) is 3. The number of ether oxygens (including phenoxy) is 1. The molecule has 1 aliphatic rings. The number of guanidine groups is 1. The van der Waals surface area contributed by atoms with E-state index in [4.69, 9.17) is 4.74 Å². The van der Waals surface area contributed by atoms with E-state index in [2.05, 4.69) is 20.3 Å². The third-order valence-corrected chi connectivity index (χ3v) is 3.30. The molecule has 0 aromatic carbocycles. The molecule has 1 aliphatic heterocycles. The predicted molar refractivity (Wildman–Crippen MR) is 86.6 cm³/mol. The Morgan fingerprint density at radius 3 is 2.47 bits per heavy atom. The second-order valence-corrected chi connectivity index (χ2v) is 6.03. The van der Waals surface area contributed by atoms with Gasteiger partial charge in [0.25, 0.3) is 0 Å². The molecule has 1 fully saturated rings. The predicted octanol–water partition coefficient (Wildman–Crippen LogP) is -0.502. The monoisotopic (exact) mass is 406 g/mol. The Morgan fingerprint density at radius 2 is 1.95 bits per heavy atom. The highest BCUT2D eigenvalue weighted by Gasteiger charge is 2.14.